The largest absolute Gasteiger partial charge is 0.398 e. The number of rotatable bonds is 4. The third-order valence-corrected chi connectivity index (χ3v) is 5.72. The van der Waals surface area contributed by atoms with Crippen LogP contribution in [0.3, 0.4) is 0 Å². The Balaban J connectivity index is 1.51. The predicted octanol–water partition coefficient (Wildman–Crippen LogP) is 3.31. The summed E-state index contributed by atoms with van der Waals surface area (Å²) in [4.78, 5) is 31.0. The number of fused-ring (bicyclic) bond motifs is 2. The molecule has 1 aliphatic carbocycles. The summed E-state index contributed by atoms with van der Waals surface area (Å²) >= 11 is 0. The van der Waals surface area contributed by atoms with Crippen molar-refractivity contribution in [1.29, 1.82) is 5.26 Å². The molecule has 0 radical (unpaired) electrons. The number of hydrogen-bond acceptors (Lipinski definition) is 5. The molecule has 1 fully saturated rings. The lowest BCUT2D eigenvalue weighted by Gasteiger charge is -2.19. The molecule has 29 heavy (non-hydrogen) atoms. The average Bonchev–Trinajstić information content (AvgIpc) is 3.42. The zero-order valence-electron chi connectivity index (χ0n) is 15.6. The minimum absolute atomic E-state index is 0.00526. The Morgan fingerprint density at radius 1 is 1.28 bits per heavy atom. The third-order valence-electron chi connectivity index (χ3n) is 5.72. The smallest absolute Gasteiger partial charge is 0.236 e. The van der Waals surface area contributed by atoms with E-state index in [0.717, 1.165) is 22.0 Å². The van der Waals surface area contributed by atoms with E-state index in [1.54, 1.807) is 17.2 Å². The van der Waals surface area contributed by atoms with Crippen molar-refractivity contribution in [3.05, 3.63) is 59.9 Å². The van der Waals surface area contributed by atoms with E-state index in [9.17, 15) is 9.59 Å². The fraction of sp³-hybridized carbons (Fsp3) is 0.217. The lowest BCUT2D eigenvalue weighted by atomic mass is 10.0. The zero-order valence-corrected chi connectivity index (χ0v) is 15.6. The topological polar surface area (TPSA) is 100 Å². The molecule has 0 unspecified atom stereocenters. The van der Waals surface area contributed by atoms with E-state index in [-0.39, 0.29) is 29.9 Å². The van der Waals surface area contributed by atoms with Crippen LogP contribution in [0.4, 0.5) is 17.1 Å². The number of carbonyl (C=O) groups is 2. The van der Waals surface area contributed by atoms with E-state index in [1.165, 1.54) is 0 Å². The van der Waals surface area contributed by atoms with Crippen LogP contribution >= 0.6 is 0 Å². The number of benzene rings is 2. The van der Waals surface area contributed by atoms with Crippen LogP contribution in [-0.4, -0.2) is 16.7 Å². The lowest BCUT2D eigenvalue weighted by molar-refractivity contribution is -0.120. The van der Waals surface area contributed by atoms with Gasteiger partial charge >= 0.3 is 0 Å². The summed E-state index contributed by atoms with van der Waals surface area (Å²) in [5, 5.41) is 10.5. The van der Waals surface area contributed by atoms with E-state index in [0.29, 0.717) is 29.9 Å². The van der Waals surface area contributed by atoms with Crippen molar-refractivity contribution in [3.63, 3.8) is 0 Å². The molecular formula is C23H18N4O2. The molecule has 2 atom stereocenters. The Morgan fingerprint density at radius 2 is 2.10 bits per heavy atom. The van der Waals surface area contributed by atoms with E-state index >= 15 is 0 Å². The maximum atomic E-state index is 12.6. The molecule has 3 aromatic rings. The van der Waals surface area contributed by atoms with Crippen LogP contribution in [0.2, 0.25) is 0 Å². The van der Waals surface area contributed by atoms with Crippen LogP contribution < -0.4 is 10.6 Å². The summed E-state index contributed by atoms with van der Waals surface area (Å²) in [6.45, 7) is 0. The molecule has 2 aliphatic rings. The highest BCUT2D eigenvalue weighted by molar-refractivity contribution is 6.09. The molecule has 2 heterocycles. The average molecular weight is 382 g/mol. The Kier molecular flexibility index (Phi) is 3.85. The van der Waals surface area contributed by atoms with Gasteiger partial charge in [-0.15, -0.1) is 0 Å². The first-order valence-corrected chi connectivity index (χ1v) is 9.56. The first-order valence-electron chi connectivity index (χ1n) is 9.56. The number of pyridine rings is 1. The van der Waals surface area contributed by atoms with Gasteiger partial charge in [-0.05, 0) is 41.6 Å². The van der Waals surface area contributed by atoms with Gasteiger partial charge in [0.15, 0.2) is 0 Å². The highest BCUT2D eigenvalue weighted by Crippen LogP contribution is 2.40. The summed E-state index contributed by atoms with van der Waals surface area (Å²) in [7, 11) is 0. The van der Waals surface area contributed by atoms with Crippen LogP contribution in [0.25, 0.3) is 10.8 Å². The lowest BCUT2D eigenvalue weighted by Crippen LogP contribution is -2.21. The predicted molar refractivity (Wildman–Crippen MR) is 109 cm³/mol. The first kappa shape index (κ1) is 17.4. The Morgan fingerprint density at radius 3 is 2.90 bits per heavy atom. The number of aromatic nitrogens is 1. The van der Waals surface area contributed by atoms with E-state index in [2.05, 4.69) is 11.1 Å². The molecule has 6 heteroatoms. The number of nitrogen functional groups attached to an aromatic ring is 1. The van der Waals surface area contributed by atoms with Gasteiger partial charge in [0, 0.05) is 35.3 Å². The maximum Gasteiger partial charge on any atom is 0.236 e. The Bertz CT molecular complexity index is 1230. The number of ketones is 1. The number of hydrogen-bond donors (Lipinski definition) is 1. The standard InChI is InChI=1S/C23H18N4O2/c24-11-15-7-18(15)22(28)9-16-5-14-6-17(10-20(25)19(14)12-26-16)27-21-4-2-1-3-13(21)8-23(27)29/h1-6,10,12,15,18H,7-9,25H2/t15-,18+/m0/s1. The second-order valence-corrected chi connectivity index (χ2v) is 7.69. The molecule has 2 aromatic carbocycles. The highest BCUT2D eigenvalue weighted by atomic mass is 16.2. The number of Topliss-reactive ketones (excluding diaryl/α,β-unsaturated/α-hetero) is 1. The monoisotopic (exact) mass is 382 g/mol. The van der Waals surface area contributed by atoms with Gasteiger partial charge in [-0.2, -0.15) is 5.26 Å². The van der Waals surface area contributed by atoms with Crippen LogP contribution in [0.1, 0.15) is 17.7 Å². The molecule has 1 saturated carbocycles. The van der Waals surface area contributed by atoms with Gasteiger partial charge in [0.1, 0.15) is 5.78 Å². The van der Waals surface area contributed by atoms with Gasteiger partial charge in [0.2, 0.25) is 5.91 Å². The third kappa shape index (κ3) is 2.92. The SMILES string of the molecule is N#C[C@@H]1C[C@H]1C(=O)Cc1cc2cc(N3C(=O)Cc4ccccc43)cc(N)c2cn1. The van der Waals surface area contributed by atoms with Crippen LogP contribution in [-0.2, 0) is 22.4 Å². The number of nitrogens with two attached hydrogens (primary N) is 1. The van der Waals surface area contributed by atoms with E-state index in [4.69, 9.17) is 11.0 Å². The molecule has 1 aromatic heterocycles. The van der Waals surface area contributed by atoms with Crippen LogP contribution in [0.15, 0.2) is 48.7 Å². The van der Waals surface area contributed by atoms with Crippen molar-refractivity contribution in [3.8, 4) is 6.07 Å². The van der Waals surface area contributed by atoms with Gasteiger partial charge in [-0.1, -0.05) is 18.2 Å². The molecular weight excluding hydrogens is 364 g/mol. The molecule has 142 valence electrons. The van der Waals surface area contributed by atoms with Gasteiger partial charge in [-0.3, -0.25) is 19.5 Å². The molecule has 0 bridgehead atoms. The maximum absolute atomic E-state index is 12.6. The summed E-state index contributed by atoms with van der Waals surface area (Å²) in [5.74, 6) is -0.249. The summed E-state index contributed by atoms with van der Waals surface area (Å²) in [5.41, 5.74) is 10.0. The van der Waals surface area contributed by atoms with Crippen molar-refractivity contribution in [2.75, 3.05) is 10.6 Å². The second-order valence-electron chi connectivity index (χ2n) is 7.69. The summed E-state index contributed by atoms with van der Waals surface area (Å²) in [6.07, 6.45) is 2.89. The second kappa shape index (κ2) is 6.42. The van der Waals surface area contributed by atoms with Crippen molar-refractivity contribution in [1.82, 2.24) is 4.98 Å². The number of nitriles is 1. The molecule has 1 amide bonds. The fourth-order valence-corrected chi connectivity index (χ4v) is 4.08. The molecule has 5 rings (SSSR count). The number of anilines is 3. The highest BCUT2D eigenvalue weighted by Gasteiger charge is 2.42. The normalized spacial score (nSPS) is 19.8. The summed E-state index contributed by atoms with van der Waals surface area (Å²) in [6, 6.07) is 15.4. The van der Waals surface area contributed by atoms with E-state index < -0.39 is 0 Å². The summed E-state index contributed by atoms with van der Waals surface area (Å²) < 4.78 is 0. The van der Waals surface area contributed by atoms with Gasteiger partial charge in [0.25, 0.3) is 0 Å². The number of amides is 1. The van der Waals surface area contributed by atoms with Crippen molar-refractivity contribution >= 4 is 39.5 Å². The molecule has 1 aliphatic heterocycles. The minimum atomic E-state index is -0.160. The zero-order chi connectivity index (χ0) is 20.1. The Labute approximate surface area is 167 Å². The van der Waals surface area contributed by atoms with Crippen LogP contribution in [0.5, 0.6) is 0 Å². The van der Waals surface area contributed by atoms with Crippen LogP contribution in [0, 0.1) is 23.2 Å². The van der Waals surface area contributed by atoms with Gasteiger partial charge < -0.3 is 5.73 Å². The quantitative estimate of drug-likeness (QED) is 0.698. The molecule has 6 nitrogen and oxygen atoms in total. The van der Waals surface area contributed by atoms with Crippen molar-refractivity contribution < 1.29 is 9.59 Å². The molecule has 2 N–H and O–H groups in total. The van der Waals surface area contributed by atoms with Crippen molar-refractivity contribution in [2.45, 2.75) is 19.3 Å². The van der Waals surface area contributed by atoms with Crippen molar-refractivity contribution in [2.24, 2.45) is 11.8 Å². The molecule has 0 saturated heterocycles. The number of nitrogens with zero attached hydrogens (tertiary/aromatic N) is 3. The number of carbonyl (C=O) groups excluding carboxylic acids is 2. The fourth-order valence-electron chi connectivity index (χ4n) is 4.08. The number of para-hydroxylation sites is 1. The van der Waals surface area contributed by atoms with Gasteiger partial charge in [-0.25, -0.2) is 0 Å². The minimum Gasteiger partial charge on any atom is -0.398 e. The molecule has 0 spiro atoms. The first-order chi connectivity index (χ1) is 14.0. The Hall–Kier alpha value is -3.72. The van der Waals surface area contributed by atoms with E-state index in [1.807, 2.05) is 36.4 Å². The van der Waals surface area contributed by atoms with Gasteiger partial charge in [0.05, 0.1) is 29.8 Å².